The van der Waals surface area contributed by atoms with Gasteiger partial charge >= 0.3 is 0 Å². The lowest BCUT2D eigenvalue weighted by Crippen LogP contribution is -2.07. The van der Waals surface area contributed by atoms with E-state index >= 15 is 0 Å². The second-order valence-corrected chi connectivity index (χ2v) is 4.91. The predicted molar refractivity (Wildman–Crippen MR) is 78.7 cm³/mol. The number of hydrogen-bond donors (Lipinski definition) is 1. The minimum Gasteiger partial charge on any atom is -0.479 e. The Morgan fingerprint density at radius 1 is 1.20 bits per heavy atom. The van der Waals surface area contributed by atoms with Crippen LogP contribution in [-0.4, -0.2) is 6.61 Å². The Bertz CT molecular complexity index is 645. The lowest BCUT2D eigenvalue weighted by molar-refractivity contribution is 0.368. The number of aryl methyl sites for hydroxylation is 1. The van der Waals surface area contributed by atoms with Crippen molar-refractivity contribution < 1.29 is 4.74 Å². The van der Waals surface area contributed by atoms with Crippen molar-refractivity contribution in [1.29, 1.82) is 5.26 Å². The van der Waals surface area contributed by atoms with Gasteiger partial charge in [0.05, 0.1) is 6.04 Å². The zero-order valence-electron chi connectivity index (χ0n) is 11.2. The molecule has 1 unspecified atom stereocenters. The fourth-order valence-electron chi connectivity index (χ4n) is 2.70. The average molecular weight is 264 g/mol. The molecule has 0 saturated heterocycles. The average Bonchev–Trinajstić information content (AvgIpc) is 2.89. The molecular formula is C17H16N2O. The first-order chi connectivity index (χ1) is 9.86. The quantitative estimate of drug-likeness (QED) is 0.916. The summed E-state index contributed by atoms with van der Waals surface area (Å²) in [5.41, 5.74) is 3.85. The molecule has 20 heavy (non-hydrogen) atoms. The molecule has 0 spiro atoms. The highest BCUT2D eigenvalue weighted by Crippen LogP contribution is 2.34. The van der Waals surface area contributed by atoms with Gasteiger partial charge < -0.3 is 10.1 Å². The van der Waals surface area contributed by atoms with Crippen LogP contribution in [0.15, 0.2) is 48.5 Å². The van der Waals surface area contributed by atoms with Gasteiger partial charge in [-0.1, -0.05) is 30.3 Å². The molecule has 0 radical (unpaired) electrons. The first-order valence-electron chi connectivity index (χ1n) is 6.81. The van der Waals surface area contributed by atoms with Crippen molar-refractivity contribution >= 4 is 5.69 Å². The van der Waals surface area contributed by atoms with E-state index in [-0.39, 0.29) is 6.61 Å². The van der Waals surface area contributed by atoms with Gasteiger partial charge in [-0.25, -0.2) is 0 Å². The Labute approximate surface area is 118 Å². The maximum absolute atomic E-state index is 8.55. The van der Waals surface area contributed by atoms with Crippen LogP contribution in [-0.2, 0) is 6.42 Å². The van der Waals surface area contributed by atoms with E-state index in [0.717, 1.165) is 24.3 Å². The number of nitrogens with zero attached hydrogens (tertiary/aromatic N) is 1. The Morgan fingerprint density at radius 3 is 3.00 bits per heavy atom. The molecule has 0 aliphatic heterocycles. The predicted octanol–water partition coefficient (Wildman–Crippen LogP) is 3.69. The van der Waals surface area contributed by atoms with Crippen molar-refractivity contribution in [2.75, 3.05) is 11.9 Å². The monoisotopic (exact) mass is 264 g/mol. The van der Waals surface area contributed by atoms with Crippen molar-refractivity contribution in [3.05, 3.63) is 59.7 Å². The zero-order valence-corrected chi connectivity index (χ0v) is 11.2. The normalized spacial score (nSPS) is 16.2. The van der Waals surface area contributed by atoms with Gasteiger partial charge in [-0.2, -0.15) is 5.26 Å². The summed E-state index contributed by atoms with van der Waals surface area (Å²) in [6, 6.07) is 18.7. The molecule has 2 aromatic rings. The summed E-state index contributed by atoms with van der Waals surface area (Å²) in [7, 11) is 0. The van der Waals surface area contributed by atoms with E-state index in [9.17, 15) is 0 Å². The molecular weight excluding hydrogens is 248 g/mol. The maximum Gasteiger partial charge on any atom is 0.174 e. The molecule has 0 amide bonds. The van der Waals surface area contributed by atoms with Crippen LogP contribution in [0.3, 0.4) is 0 Å². The maximum atomic E-state index is 8.55. The first kappa shape index (κ1) is 12.6. The molecule has 3 nitrogen and oxygen atoms in total. The fraction of sp³-hybridized carbons (Fsp3) is 0.235. The molecule has 0 saturated carbocycles. The van der Waals surface area contributed by atoms with E-state index in [4.69, 9.17) is 10.00 Å². The molecule has 2 aromatic carbocycles. The van der Waals surface area contributed by atoms with Crippen LogP contribution in [0, 0.1) is 11.3 Å². The topological polar surface area (TPSA) is 45.0 Å². The van der Waals surface area contributed by atoms with E-state index in [1.54, 1.807) is 0 Å². The third-order valence-corrected chi connectivity index (χ3v) is 3.61. The molecule has 100 valence electrons. The molecule has 1 aliphatic carbocycles. The van der Waals surface area contributed by atoms with E-state index in [2.05, 4.69) is 29.6 Å². The summed E-state index contributed by atoms with van der Waals surface area (Å²) in [5, 5.41) is 12.1. The number of hydrogen-bond acceptors (Lipinski definition) is 3. The molecule has 1 atom stereocenters. The number of anilines is 1. The molecule has 0 fully saturated rings. The van der Waals surface area contributed by atoms with Crippen LogP contribution in [0.4, 0.5) is 5.69 Å². The standard InChI is InChI=1S/C17H16N2O/c18-10-11-20-15-6-3-5-14(12-15)19-17-9-8-13-4-1-2-7-16(13)17/h1-7,12,17,19H,8-9,11H2. The molecule has 0 aromatic heterocycles. The Kier molecular flexibility index (Phi) is 3.56. The Morgan fingerprint density at radius 2 is 2.10 bits per heavy atom. The number of nitrogens with one attached hydrogen (secondary N) is 1. The van der Waals surface area contributed by atoms with Gasteiger partial charge in [0.15, 0.2) is 6.61 Å². The summed E-state index contributed by atoms with van der Waals surface area (Å²) >= 11 is 0. The number of benzene rings is 2. The van der Waals surface area contributed by atoms with Gasteiger partial charge in [-0.05, 0) is 36.1 Å². The van der Waals surface area contributed by atoms with Gasteiger partial charge in [-0.15, -0.1) is 0 Å². The first-order valence-corrected chi connectivity index (χ1v) is 6.81. The minimum absolute atomic E-state index is 0.0791. The van der Waals surface area contributed by atoms with Gasteiger partial charge in [0.1, 0.15) is 11.8 Å². The van der Waals surface area contributed by atoms with Crippen LogP contribution >= 0.6 is 0 Å². The van der Waals surface area contributed by atoms with Gasteiger partial charge in [0.25, 0.3) is 0 Å². The highest BCUT2D eigenvalue weighted by Gasteiger charge is 2.21. The van der Waals surface area contributed by atoms with Crippen molar-refractivity contribution in [3.8, 4) is 11.8 Å². The smallest absolute Gasteiger partial charge is 0.174 e. The van der Waals surface area contributed by atoms with Gasteiger partial charge in [-0.3, -0.25) is 0 Å². The van der Waals surface area contributed by atoms with E-state index in [0.29, 0.717) is 6.04 Å². The van der Waals surface area contributed by atoms with E-state index < -0.39 is 0 Å². The number of rotatable bonds is 4. The third-order valence-electron chi connectivity index (χ3n) is 3.61. The molecule has 3 rings (SSSR count). The lowest BCUT2D eigenvalue weighted by Gasteiger charge is -2.16. The van der Waals surface area contributed by atoms with E-state index in [1.165, 1.54) is 11.1 Å². The second kappa shape index (κ2) is 5.66. The summed E-state index contributed by atoms with van der Waals surface area (Å²) in [6.07, 6.45) is 2.24. The van der Waals surface area contributed by atoms with Crippen LogP contribution < -0.4 is 10.1 Å². The highest BCUT2D eigenvalue weighted by molar-refractivity contribution is 5.51. The highest BCUT2D eigenvalue weighted by atomic mass is 16.5. The Balaban J connectivity index is 1.74. The molecule has 3 heteroatoms. The van der Waals surface area contributed by atoms with Crippen molar-refractivity contribution in [2.24, 2.45) is 0 Å². The Hall–Kier alpha value is -2.47. The summed E-state index contributed by atoms with van der Waals surface area (Å²) in [6.45, 7) is 0.0791. The molecule has 1 aliphatic rings. The van der Waals surface area contributed by atoms with Crippen LogP contribution in [0.1, 0.15) is 23.6 Å². The van der Waals surface area contributed by atoms with Crippen molar-refractivity contribution in [3.63, 3.8) is 0 Å². The third kappa shape index (κ3) is 2.60. The largest absolute Gasteiger partial charge is 0.479 e. The molecule has 0 heterocycles. The number of ether oxygens (including phenoxy) is 1. The van der Waals surface area contributed by atoms with Gasteiger partial charge in [0, 0.05) is 11.8 Å². The summed E-state index contributed by atoms with van der Waals surface area (Å²) in [4.78, 5) is 0. The summed E-state index contributed by atoms with van der Waals surface area (Å²) in [5.74, 6) is 0.725. The number of fused-ring (bicyclic) bond motifs is 1. The van der Waals surface area contributed by atoms with Crippen LogP contribution in [0.25, 0.3) is 0 Å². The van der Waals surface area contributed by atoms with Crippen molar-refractivity contribution in [2.45, 2.75) is 18.9 Å². The van der Waals surface area contributed by atoms with E-state index in [1.807, 2.05) is 30.3 Å². The summed E-state index contributed by atoms with van der Waals surface area (Å²) < 4.78 is 5.33. The molecule has 1 N–H and O–H groups in total. The zero-order chi connectivity index (χ0) is 13.8. The molecule has 0 bridgehead atoms. The fourth-order valence-corrected chi connectivity index (χ4v) is 2.70. The SMILES string of the molecule is N#CCOc1cccc(NC2CCc3ccccc32)c1. The van der Waals surface area contributed by atoms with Crippen LogP contribution in [0.5, 0.6) is 5.75 Å². The number of nitriles is 1. The lowest BCUT2D eigenvalue weighted by atomic mass is 10.1. The second-order valence-electron chi connectivity index (χ2n) is 4.91. The minimum atomic E-state index is 0.0791. The van der Waals surface area contributed by atoms with Gasteiger partial charge in [0.2, 0.25) is 0 Å². The van der Waals surface area contributed by atoms with Crippen LogP contribution in [0.2, 0.25) is 0 Å². The van der Waals surface area contributed by atoms with Crippen molar-refractivity contribution in [1.82, 2.24) is 0 Å².